The monoisotopic (exact) mass is 317 g/mol. The van der Waals surface area contributed by atoms with Crippen molar-refractivity contribution in [3.63, 3.8) is 0 Å². The Labute approximate surface area is 124 Å². The molecule has 0 saturated carbocycles. The molecule has 0 aliphatic rings. The van der Waals surface area contributed by atoms with E-state index in [1.54, 1.807) is 0 Å². The molecule has 0 saturated heterocycles. The molecule has 1 amide bonds. The van der Waals surface area contributed by atoms with Crippen molar-refractivity contribution in [2.75, 3.05) is 12.9 Å². The molecule has 8 heteroatoms. The largest absolute Gasteiger partial charge is 0.480 e. The molecule has 1 heterocycles. The lowest BCUT2D eigenvalue weighted by molar-refractivity contribution is -0.143. The summed E-state index contributed by atoms with van der Waals surface area (Å²) in [4.78, 5) is 33.6. The number of ether oxygens (including phenoxy) is 1. The van der Waals surface area contributed by atoms with Gasteiger partial charge in [-0.3, -0.25) is 9.59 Å². The van der Waals surface area contributed by atoms with Gasteiger partial charge in [-0.2, -0.15) is 0 Å². The van der Waals surface area contributed by atoms with Crippen molar-refractivity contribution in [3.8, 4) is 0 Å². The van der Waals surface area contributed by atoms with Gasteiger partial charge in [-0.05, 0) is 17.9 Å². The lowest BCUT2D eigenvalue weighted by Gasteiger charge is -2.13. The van der Waals surface area contributed by atoms with Crippen molar-refractivity contribution < 1.29 is 24.2 Å². The highest BCUT2D eigenvalue weighted by Crippen LogP contribution is 2.22. The number of carbonyl (C=O) groups is 3. The highest BCUT2D eigenvalue weighted by molar-refractivity contribution is 8.01. The van der Waals surface area contributed by atoms with E-state index in [0.717, 1.165) is 4.21 Å². The summed E-state index contributed by atoms with van der Waals surface area (Å²) in [6, 6.07) is 2.68. The van der Waals surface area contributed by atoms with Crippen molar-refractivity contribution in [1.29, 1.82) is 0 Å². The van der Waals surface area contributed by atoms with Gasteiger partial charge in [0.25, 0.3) is 0 Å². The van der Waals surface area contributed by atoms with Crippen LogP contribution < -0.4 is 5.32 Å². The smallest absolute Gasteiger partial charge is 0.326 e. The van der Waals surface area contributed by atoms with Crippen LogP contribution in [0, 0.1) is 0 Å². The van der Waals surface area contributed by atoms with Crippen LogP contribution in [0.25, 0.3) is 0 Å². The van der Waals surface area contributed by atoms with Crippen LogP contribution in [-0.2, 0) is 19.1 Å². The van der Waals surface area contributed by atoms with Crippen molar-refractivity contribution >= 4 is 40.9 Å². The molecule has 0 spiro atoms. The third-order valence-corrected chi connectivity index (χ3v) is 4.47. The molecule has 0 aliphatic heterocycles. The number of thiophene rings is 1. The summed E-state index contributed by atoms with van der Waals surface area (Å²) in [5.74, 6) is -1.90. The molecule has 0 radical (unpaired) electrons. The van der Waals surface area contributed by atoms with Crippen molar-refractivity contribution in [3.05, 3.63) is 17.5 Å². The fraction of sp³-hybridized carbons (Fsp3) is 0.417. The molecule has 0 aromatic carbocycles. The van der Waals surface area contributed by atoms with Crippen LogP contribution in [0.5, 0.6) is 0 Å². The number of hydrogen-bond acceptors (Lipinski definition) is 6. The Hall–Kier alpha value is -1.54. The standard InChI is InChI=1S/C12H15NO5S2/c1-18-10(15)5-4-8(12(16)17)13-9(14)7-20-11-3-2-6-19-11/h2-3,6,8H,4-5,7H2,1H3,(H,13,14)(H,16,17)/t8-/m0/s1. The van der Waals surface area contributed by atoms with Gasteiger partial charge in [-0.15, -0.1) is 23.1 Å². The van der Waals surface area contributed by atoms with Crippen LogP contribution in [-0.4, -0.2) is 41.9 Å². The molecule has 1 atom stereocenters. The average Bonchev–Trinajstić information content (AvgIpc) is 2.93. The Morgan fingerprint density at radius 1 is 1.50 bits per heavy atom. The second kappa shape index (κ2) is 8.60. The van der Waals surface area contributed by atoms with E-state index in [1.165, 1.54) is 30.2 Å². The summed E-state index contributed by atoms with van der Waals surface area (Å²) in [6.07, 6.45) is -0.0385. The lowest BCUT2D eigenvalue weighted by Crippen LogP contribution is -2.42. The van der Waals surface area contributed by atoms with Gasteiger partial charge in [0, 0.05) is 6.42 Å². The Morgan fingerprint density at radius 3 is 2.80 bits per heavy atom. The first kappa shape index (κ1) is 16.5. The second-order valence-electron chi connectivity index (χ2n) is 3.79. The molecule has 0 fully saturated rings. The maximum atomic E-state index is 11.7. The van der Waals surface area contributed by atoms with E-state index in [1.807, 2.05) is 17.5 Å². The summed E-state index contributed by atoms with van der Waals surface area (Å²) in [5, 5.41) is 13.3. The van der Waals surface area contributed by atoms with Crippen LogP contribution >= 0.6 is 23.1 Å². The topological polar surface area (TPSA) is 92.7 Å². The highest BCUT2D eigenvalue weighted by Gasteiger charge is 2.21. The van der Waals surface area contributed by atoms with Gasteiger partial charge < -0.3 is 15.2 Å². The Bertz CT molecular complexity index is 460. The van der Waals surface area contributed by atoms with Gasteiger partial charge in [0.2, 0.25) is 5.91 Å². The number of carbonyl (C=O) groups excluding carboxylic acids is 2. The fourth-order valence-corrected chi connectivity index (χ4v) is 2.94. The number of carboxylic acids is 1. The van der Waals surface area contributed by atoms with E-state index in [9.17, 15) is 14.4 Å². The first-order valence-corrected chi connectivity index (χ1v) is 7.64. The Kier molecular flexibility index (Phi) is 7.10. The van der Waals surface area contributed by atoms with E-state index in [4.69, 9.17) is 5.11 Å². The fourth-order valence-electron chi connectivity index (χ4n) is 1.34. The molecule has 110 valence electrons. The van der Waals surface area contributed by atoms with E-state index in [0.29, 0.717) is 0 Å². The first-order valence-electron chi connectivity index (χ1n) is 5.78. The minimum Gasteiger partial charge on any atom is -0.480 e. The summed E-state index contributed by atoms with van der Waals surface area (Å²) in [5.41, 5.74) is 0. The minimum absolute atomic E-state index is 0.0113. The quantitative estimate of drug-likeness (QED) is 0.555. The number of hydrogen-bond donors (Lipinski definition) is 2. The molecule has 0 bridgehead atoms. The number of rotatable bonds is 8. The molecule has 1 aromatic rings. The average molecular weight is 317 g/mol. The molecule has 0 unspecified atom stereocenters. The number of nitrogens with one attached hydrogen (secondary N) is 1. The number of thioether (sulfide) groups is 1. The number of carboxylic acid groups (broad SMARTS) is 1. The van der Waals surface area contributed by atoms with Gasteiger partial charge in [-0.25, -0.2) is 4.79 Å². The van der Waals surface area contributed by atoms with E-state index in [2.05, 4.69) is 10.1 Å². The zero-order chi connectivity index (χ0) is 15.0. The molecule has 6 nitrogen and oxygen atoms in total. The van der Waals surface area contributed by atoms with Gasteiger partial charge in [0.15, 0.2) is 0 Å². The predicted octanol–water partition coefficient (Wildman–Crippen LogP) is 1.36. The predicted molar refractivity (Wildman–Crippen MR) is 75.9 cm³/mol. The highest BCUT2D eigenvalue weighted by atomic mass is 32.2. The molecule has 20 heavy (non-hydrogen) atoms. The minimum atomic E-state index is -1.16. The number of esters is 1. The van der Waals surface area contributed by atoms with Crippen LogP contribution in [0.3, 0.4) is 0 Å². The first-order chi connectivity index (χ1) is 9.52. The maximum absolute atomic E-state index is 11.7. The van der Waals surface area contributed by atoms with Crippen molar-refractivity contribution in [2.45, 2.75) is 23.1 Å². The number of methoxy groups -OCH3 is 1. The number of aliphatic carboxylic acids is 1. The molecular formula is C12H15NO5S2. The molecule has 1 rings (SSSR count). The van der Waals surface area contributed by atoms with E-state index in [-0.39, 0.29) is 24.5 Å². The summed E-state index contributed by atoms with van der Waals surface area (Å²) in [6.45, 7) is 0. The van der Waals surface area contributed by atoms with Gasteiger partial charge in [-0.1, -0.05) is 6.07 Å². The molecule has 1 aromatic heterocycles. The van der Waals surface area contributed by atoms with E-state index < -0.39 is 18.0 Å². The SMILES string of the molecule is COC(=O)CC[C@H](NC(=O)CSc1cccs1)C(=O)O. The van der Waals surface area contributed by atoms with Gasteiger partial charge in [0.1, 0.15) is 6.04 Å². The zero-order valence-corrected chi connectivity index (χ0v) is 12.5. The Morgan fingerprint density at radius 2 is 2.25 bits per heavy atom. The molecule has 2 N–H and O–H groups in total. The van der Waals surface area contributed by atoms with Gasteiger partial charge >= 0.3 is 11.9 Å². The maximum Gasteiger partial charge on any atom is 0.326 e. The van der Waals surface area contributed by atoms with Crippen molar-refractivity contribution in [2.24, 2.45) is 0 Å². The summed E-state index contributed by atoms with van der Waals surface area (Å²) in [7, 11) is 1.23. The lowest BCUT2D eigenvalue weighted by atomic mass is 10.1. The van der Waals surface area contributed by atoms with Crippen molar-refractivity contribution in [1.82, 2.24) is 5.32 Å². The third-order valence-electron chi connectivity index (χ3n) is 2.34. The zero-order valence-electron chi connectivity index (χ0n) is 10.8. The Balaban J connectivity index is 2.38. The van der Waals surface area contributed by atoms with Crippen LogP contribution in [0.15, 0.2) is 21.7 Å². The van der Waals surface area contributed by atoms with Gasteiger partial charge in [0.05, 0.1) is 17.1 Å². The molecular weight excluding hydrogens is 302 g/mol. The third kappa shape index (κ3) is 6.07. The summed E-state index contributed by atoms with van der Waals surface area (Å²) >= 11 is 2.85. The van der Waals surface area contributed by atoms with Crippen LogP contribution in [0.2, 0.25) is 0 Å². The number of amides is 1. The van der Waals surface area contributed by atoms with E-state index >= 15 is 0 Å². The van der Waals surface area contributed by atoms with Crippen LogP contribution in [0.4, 0.5) is 0 Å². The summed E-state index contributed by atoms with van der Waals surface area (Å²) < 4.78 is 5.42. The second-order valence-corrected chi connectivity index (χ2v) is 6.02. The molecule has 0 aliphatic carbocycles. The van der Waals surface area contributed by atoms with Crippen LogP contribution in [0.1, 0.15) is 12.8 Å². The normalized spacial score (nSPS) is 11.7.